The molecule has 0 atom stereocenters. The normalized spacial score (nSPS) is 10.8. The molecule has 1 N–H and O–H groups in total. The summed E-state index contributed by atoms with van der Waals surface area (Å²) in [7, 11) is 0. The number of halogens is 1. The molecule has 0 saturated carbocycles. The number of thiophene rings is 2. The van der Waals surface area contributed by atoms with Crippen molar-refractivity contribution in [2.24, 2.45) is 0 Å². The number of hydrogen-bond donors (Lipinski definition) is 1. The second kappa shape index (κ2) is 6.55. The maximum absolute atomic E-state index is 3.48. The van der Waals surface area contributed by atoms with Crippen LogP contribution in [0.25, 0.3) is 0 Å². The van der Waals surface area contributed by atoms with E-state index in [1.165, 1.54) is 13.5 Å². The van der Waals surface area contributed by atoms with Gasteiger partial charge in [-0.25, -0.2) is 0 Å². The molecule has 0 amide bonds. The second-order valence-electron chi connectivity index (χ2n) is 3.54. The standard InChI is InChI=1S/C12H14BrNS2/c13-12-4-3-11(16-12)6-8-14-7-5-10-2-1-9-15-10/h1-4,9,14H,5-8H2. The monoisotopic (exact) mass is 315 g/mol. The van der Waals surface area contributed by atoms with E-state index in [0.29, 0.717) is 0 Å². The summed E-state index contributed by atoms with van der Waals surface area (Å²) < 4.78 is 1.22. The van der Waals surface area contributed by atoms with E-state index in [4.69, 9.17) is 0 Å². The van der Waals surface area contributed by atoms with E-state index >= 15 is 0 Å². The van der Waals surface area contributed by atoms with Crippen molar-refractivity contribution < 1.29 is 0 Å². The van der Waals surface area contributed by atoms with Crippen molar-refractivity contribution in [3.8, 4) is 0 Å². The molecular formula is C12H14BrNS2. The first-order valence-corrected chi connectivity index (χ1v) is 7.81. The number of nitrogens with one attached hydrogen (secondary N) is 1. The maximum Gasteiger partial charge on any atom is 0.0701 e. The highest BCUT2D eigenvalue weighted by molar-refractivity contribution is 9.11. The molecule has 0 aromatic carbocycles. The zero-order valence-corrected chi connectivity index (χ0v) is 12.1. The summed E-state index contributed by atoms with van der Waals surface area (Å²) in [6.45, 7) is 2.14. The summed E-state index contributed by atoms with van der Waals surface area (Å²) in [6.07, 6.45) is 2.27. The lowest BCUT2D eigenvalue weighted by Gasteiger charge is -2.01. The van der Waals surface area contributed by atoms with Gasteiger partial charge < -0.3 is 5.32 Å². The topological polar surface area (TPSA) is 12.0 Å². The molecule has 2 heterocycles. The Morgan fingerprint density at radius 1 is 1.06 bits per heavy atom. The average molecular weight is 316 g/mol. The molecule has 0 unspecified atom stereocenters. The Hall–Kier alpha value is -0.160. The molecule has 86 valence electrons. The smallest absolute Gasteiger partial charge is 0.0701 e. The van der Waals surface area contributed by atoms with Gasteiger partial charge in [-0.05, 0) is 65.4 Å². The van der Waals surface area contributed by atoms with E-state index < -0.39 is 0 Å². The molecule has 16 heavy (non-hydrogen) atoms. The lowest BCUT2D eigenvalue weighted by Crippen LogP contribution is -2.19. The Kier molecular flexibility index (Phi) is 5.03. The summed E-state index contributed by atoms with van der Waals surface area (Å²) in [4.78, 5) is 2.90. The van der Waals surface area contributed by atoms with E-state index in [1.807, 2.05) is 22.7 Å². The first-order valence-electron chi connectivity index (χ1n) is 5.32. The highest BCUT2D eigenvalue weighted by Gasteiger charge is 1.97. The van der Waals surface area contributed by atoms with E-state index in [1.54, 1.807) is 0 Å². The molecular weight excluding hydrogens is 302 g/mol. The van der Waals surface area contributed by atoms with Crippen LogP contribution in [0.2, 0.25) is 0 Å². The van der Waals surface area contributed by atoms with Crippen molar-refractivity contribution in [3.05, 3.63) is 43.2 Å². The van der Waals surface area contributed by atoms with Gasteiger partial charge in [0.25, 0.3) is 0 Å². The molecule has 2 aromatic heterocycles. The number of rotatable bonds is 6. The predicted octanol–water partition coefficient (Wildman–Crippen LogP) is 3.95. The third kappa shape index (κ3) is 4.01. The van der Waals surface area contributed by atoms with E-state index in [-0.39, 0.29) is 0 Å². The maximum atomic E-state index is 3.48. The van der Waals surface area contributed by atoms with Gasteiger partial charge in [-0.1, -0.05) is 6.07 Å². The predicted molar refractivity (Wildman–Crippen MR) is 76.6 cm³/mol. The van der Waals surface area contributed by atoms with E-state index in [0.717, 1.165) is 25.9 Å². The van der Waals surface area contributed by atoms with Crippen molar-refractivity contribution in [2.45, 2.75) is 12.8 Å². The summed E-state index contributed by atoms with van der Waals surface area (Å²) in [5.41, 5.74) is 0. The van der Waals surface area contributed by atoms with Gasteiger partial charge in [0.15, 0.2) is 0 Å². The highest BCUT2D eigenvalue weighted by atomic mass is 79.9. The summed E-state index contributed by atoms with van der Waals surface area (Å²) in [6, 6.07) is 8.62. The first-order chi connectivity index (χ1) is 7.84. The van der Waals surface area contributed by atoms with Gasteiger partial charge in [0.2, 0.25) is 0 Å². The SMILES string of the molecule is Brc1ccc(CCNCCc2cccs2)s1. The first kappa shape index (κ1) is 12.3. The Labute approximate surface area is 113 Å². The lowest BCUT2D eigenvalue weighted by atomic mass is 10.3. The van der Waals surface area contributed by atoms with Gasteiger partial charge in [-0.3, -0.25) is 0 Å². The van der Waals surface area contributed by atoms with Crippen LogP contribution in [-0.4, -0.2) is 13.1 Å². The third-order valence-electron chi connectivity index (χ3n) is 2.31. The van der Waals surface area contributed by atoms with Crippen LogP contribution >= 0.6 is 38.6 Å². The Morgan fingerprint density at radius 3 is 2.50 bits per heavy atom. The molecule has 0 aliphatic rings. The molecule has 0 bridgehead atoms. The van der Waals surface area contributed by atoms with Gasteiger partial charge in [-0.2, -0.15) is 0 Å². The van der Waals surface area contributed by atoms with Gasteiger partial charge in [-0.15, -0.1) is 22.7 Å². The van der Waals surface area contributed by atoms with E-state index in [2.05, 4.69) is 50.9 Å². The van der Waals surface area contributed by atoms with Gasteiger partial charge >= 0.3 is 0 Å². The van der Waals surface area contributed by atoms with Crippen LogP contribution in [0.3, 0.4) is 0 Å². The minimum Gasteiger partial charge on any atom is -0.316 e. The van der Waals surface area contributed by atoms with Gasteiger partial charge in [0.1, 0.15) is 0 Å². The Bertz CT molecular complexity index is 408. The van der Waals surface area contributed by atoms with Gasteiger partial charge in [0, 0.05) is 9.75 Å². The van der Waals surface area contributed by atoms with Crippen molar-refractivity contribution in [2.75, 3.05) is 13.1 Å². The van der Waals surface area contributed by atoms with Crippen LogP contribution in [0.1, 0.15) is 9.75 Å². The molecule has 0 aliphatic heterocycles. The largest absolute Gasteiger partial charge is 0.316 e. The molecule has 0 aliphatic carbocycles. The van der Waals surface area contributed by atoms with E-state index in [9.17, 15) is 0 Å². The Balaban J connectivity index is 1.59. The minimum absolute atomic E-state index is 1.07. The molecule has 0 saturated heterocycles. The molecule has 2 aromatic rings. The highest BCUT2D eigenvalue weighted by Crippen LogP contribution is 2.22. The fourth-order valence-electron chi connectivity index (χ4n) is 1.49. The van der Waals surface area contributed by atoms with Gasteiger partial charge in [0.05, 0.1) is 3.79 Å². The average Bonchev–Trinajstić information content (AvgIpc) is 2.89. The van der Waals surface area contributed by atoms with Crippen molar-refractivity contribution >= 4 is 38.6 Å². The summed E-state index contributed by atoms with van der Waals surface area (Å²) in [5, 5.41) is 5.62. The van der Waals surface area contributed by atoms with Crippen LogP contribution in [0.15, 0.2) is 33.4 Å². The van der Waals surface area contributed by atoms with Crippen LogP contribution in [0, 0.1) is 0 Å². The van der Waals surface area contributed by atoms with Crippen molar-refractivity contribution in [1.82, 2.24) is 5.32 Å². The molecule has 0 radical (unpaired) electrons. The third-order valence-corrected chi connectivity index (χ3v) is 4.92. The molecule has 0 fully saturated rings. The van der Waals surface area contributed by atoms with Crippen LogP contribution in [-0.2, 0) is 12.8 Å². The molecule has 0 spiro atoms. The molecule has 2 rings (SSSR count). The van der Waals surface area contributed by atoms with Crippen LogP contribution < -0.4 is 5.32 Å². The zero-order chi connectivity index (χ0) is 11.2. The number of hydrogen-bond acceptors (Lipinski definition) is 3. The second-order valence-corrected chi connectivity index (χ2v) is 7.11. The zero-order valence-electron chi connectivity index (χ0n) is 8.91. The summed E-state index contributed by atoms with van der Waals surface area (Å²) >= 11 is 7.14. The minimum atomic E-state index is 1.07. The summed E-state index contributed by atoms with van der Waals surface area (Å²) in [5.74, 6) is 0. The fraction of sp³-hybridized carbons (Fsp3) is 0.333. The Morgan fingerprint density at radius 2 is 1.88 bits per heavy atom. The van der Waals surface area contributed by atoms with Crippen LogP contribution in [0.5, 0.6) is 0 Å². The fourth-order valence-corrected chi connectivity index (χ4v) is 3.68. The molecule has 4 heteroatoms. The van der Waals surface area contributed by atoms with Crippen LogP contribution in [0.4, 0.5) is 0 Å². The van der Waals surface area contributed by atoms with Crippen molar-refractivity contribution in [1.29, 1.82) is 0 Å². The molecule has 1 nitrogen and oxygen atoms in total. The van der Waals surface area contributed by atoms with Crippen molar-refractivity contribution in [3.63, 3.8) is 0 Å². The lowest BCUT2D eigenvalue weighted by molar-refractivity contribution is 0.688. The quantitative estimate of drug-likeness (QED) is 0.796.